The summed E-state index contributed by atoms with van der Waals surface area (Å²) >= 11 is 0. The Bertz CT molecular complexity index is 394. The summed E-state index contributed by atoms with van der Waals surface area (Å²) in [6.07, 6.45) is 6.15. The number of nitrogens with one attached hydrogen (secondary N) is 1. The van der Waals surface area contributed by atoms with Gasteiger partial charge in [-0.25, -0.2) is 0 Å². The lowest BCUT2D eigenvalue weighted by Gasteiger charge is -2.36. The fourth-order valence-corrected chi connectivity index (χ4v) is 2.92. The predicted molar refractivity (Wildman–Crippen MR) is 77.0 cm³/mol. The third-order valence-corrected chi connectivity index (χ3v) is 4.51. The van der Waals surface area contributed by atoms with Gasteiger partial charge in [-0.15, -0.1) is 0 Å². The Morgan fingerprint density at radius 1 is 1.17 bits per heavy atom. The van der Waals surface area contributed by atoms with E-state index < -0.39 is 0 Å². The largest absolute Gasteiger partial charge is 0.396 e. The number of aryl methyl sites for hydroxylation is 1. The fourth-order valence-electron chi connectivity index (χ4n) is 2.92. The Morgan fingerprint density at radius 2 is 1.89 bits per heavy atom. The summed E-state index contributed by atoms with van der Waals surface area (Å²) in [5, 5.41) is 13.3. The van der Waals surface area contributed by atoms with Gasteiger partial charge in [-0.1, -0.05) is 31.4 Å². The topological polar surface area (TPSA) is 32.3 Å². The van der Waals surface area contributed by atoms with Crippen LogP contribution in [0, 0.1) is 19.3 Å². The Hall–Kier alpha value is -1.02. The van der Waals surface area contributed by atoms with Crippen LogP contribution in [0.4, 0.5) is 5.69 Å². The molecule has 0 heterocycles. The molecule has 0 aliphatic heterocycles. The summed E-state index contributed by atoms with van der Waals surface area (Å²) in [6.45, 7) is 5.51. The van der Waals surface area contributed by atoms with E-state index >= 15 is 0 Å². The molecule has 1 fully saturated rings. The number of hydrogen-bond donors (Lipinski definition) is 2. The van der Waals surface area contributed by atoms with Crippen molar-refractivity contribution in [1.82, 2.24) is 0 Å². The van der Waals surface area contributed by atoms with Crippen LogP contribution >= 0.6 is 0 Å². The van der Waals surface area contributed by atoms with Crippen molar-refractivity contribution in [2.75, 3.05) is 18.5 Å². The van der Waals surface area contributed by atoms with Crippen LogP contribution in [0.3, 0.4) is 0 Å². The van der Waals surface area contributed by atoms with Gasteiger partial charge in [-0.3, -0.25) is 0 Å². The summed E-state index contributed by atoms with van der Waals surface area (Å²) in [5.74, 6) is 0. The highest BCUT2D eigenvalue weighted by Crippen LogP contribution is 2.36. The molecule has 0 atom stereocenters. The van der Waals surface area contributed by atoms with Gasteiger partial charge in [0.25, 0.3) is 0 Å². The second-order valence-corrected chi connectivity index (χ2v) is 5.82. The van der Waals surface area contributed by atoms with Crippen LogP contribution in [-0.2, 0) is 0 Å². The molecular weight excluding hydrogens is 222 g/mol. The molecule has 0 bridgehead atoms. The van der Waals surface area contributed by atoms with Gasteiger partial charge >= 0.3 is 0 Å². The maximum atomic E-state index is 9.70. The number of aliphatic hydroxyl groups excluding tert-OH is 1. The molecule has 0 unspecified atom stereocenters. The second-order valence-electron chi connectivity index (χ2n) is 5.82. The maximum Gasteiger partial charge on any atom is 0.0504 e. The number of anilines is 1. The molecule has 2 nitrogen and oxygen atoms in total. The van der Waals surface area contributed by atoms with Crippen LogP contribution in [-0.4, -0.2) is 18.3 Å². The minimum Gasteiger partial charge on any atom is -0.396 e. The average Bonchev–Trinajstić information content (AvgIpc) is 2.41. The molecule has 1 aliphatic carbocycles. The predicted octanol–water partition coefficient (Wildman–Crippen LogP) is 3.66. The highest BCUT2D eigenvalue weighted by molar-refractivity contribution is 5.53. The van der Waals surface area contributed by atoms with Gasteiger partial charge in [0.05, 0.1) is 6.61 Å². The number of benzene rings is 1. The van der Waals surface area contributed by atoms with Gasteiger partial charge in [0.2, 0.25) is 0 Å². The fraction of sp³-hybridized carbons (Fsp3) is 0.625. The third-order valence-electron chi connectivity index (χ3n) is 4.51. The normalized spacial score (nSPS) is 18.6. The van der Waals surface area contributed by atoms with E-state index in [1.165, 1.54) is 36.1 Å². The second kappa shape index (κ2) is 5.75. The highest BCUT2D eigenvalue weighted by atomic mass is 16.3. The number of aliphatic hydroxyl groups is 1. The van der Waals surface area contributed by atoms with E-state index in [2.05, 4.69) is 37.4 Å². The van der Waals surface area contributed by atoms with E-state index in [1.807, 2.05) is 0 Å². The standard InChI is InChI=1S/C16H25NO/c1-13-7-6-8-15(14(13)2)17-11-16(12-18)9-4-3-5-10-16/h6-8,17-18H,3-5,9-12H2,1-2H3. The monoisotopic (exact) mass is 247 g/mol. The van der Waals surface area contributed by atoms with Crippen molar-refractivity contribution < 1.29 is 5.11 Å². The van der Waals surface area contributed by atoms with Gasteiger partial charge in [0, 0.05) is 17.6 Å². The van der Waals surface area contributed by atoms with Crippen molar-refractivity contribution >= 4 is 5.69 Å². The molecule has 0 amide bonds. The minimum absolute atomic E-state index is 0.106. The van der Waals surface area contributed by atoms with Crippen LogP contribution in [0.2, 0.25) is 0 Å². The van der Waals surface area contributed by atoms with Crippen LogP contribution in [0.15, 0.2) is 18.2 Å². The van der Waals surface area contributed by atoms with Crippen molar-refractivity contribution in [3.05, 3.63) is 29.3 Å². The molecule has 1 aromatic rings. The molecule has 2 N–H and O–H groups in total. The zero-order chi connectivity index (χ0) is 13.0. The summed E-state index contributed by atoms with van der Waals surface area (Å²) in [5.41, 5.74) is 3.96. The van der Waals surface area contributed by atoms with Crippen LogP contribution in [0.1, 0.15) is 43.2 Å². The molecule has 2 rings (SSSR count). The molecule has 0 radical (unpaired) electrons. The first kappa shape index (κ1) is 13.4. The molecule has 1 aromatic carbocycles. The van der Waals surface area contributed by atoms with E-state index in [0.29, 0.717) is 6.61 Å². The number of rotatable bonds is 4. The van der Waals surface area contributed by atoms with Crippen LogP contribution < -0.4 is 5.32 Å². The van der Waals surface area contributed by atoms with Crippen molar-refractivity contribution in [1.29, 1.82) is 0 Å². The van der Waals surface area contributed by atoms with Gasteiger partial charge in [0.1, 0.15) is 0 Å². The molecule has 1 aliphatic rings. The third kappa shape index (κ3) is 2.86. The summed E-state index contributed by atoms with van der Waals surface area (Å²) in [7, 11) is 0. The van der Waals surface area contributed by atoms with Crippen LogP contribution in [0.5, 0.6) is 0 Å². The first-order chi connectivity index (χ1) is 8.67. The Balaban J connectivity index is 2.03. The number of hydrogen-bond acceptors (Lipinski definition) is 2. The first-order valence-corrected chi connectivity index (χ1v) is 7.08. The van der Waals surface area contributed by atoms with E-state index in [1.54, 1.807) is 0 Å². The molecule has 18 heavy (non-hydrogen) atoms. The highest BCUT2D eigenvalue weighted by Gasteiger charge is 2.31. The van der Waals surface area contributed by atoms with Gasteiger partial charge in [-0.05, 0) is 43.9 Å². The summed E-state index contributed by atoms with van der Waals surface area (Å²) in [4.78, 5) is 0. The van der Waals surface area contributed by atoms with Gasteiger partial charge in [-0.2, -0.15) is 0 Å². The molecule has 0 spiro atoms. The summed E-state index contributed by atoms with van der Waals surface area (Å²) in [6, 6.07) is 6.37. The van der Waals surface area contributed by atoms with Crippen molar-refractivity contribution in [3.63, 3.8) is 0 Å². The zero-order valence-corrected chi connectivity index (χ0v) is 11.6. The van der Waals surface area contributed by atoms with Crippen molar-refractivity contribution in [2.45, 2.75) is 46.0 Å². The van der Waals surface area contributed by atoms with Gasteiger partial charge < -0.3 is 10.4 Å². The van der Waals surface area contributed by atoms with E-state index in [-0.39, 0.29) is 5.41 Å². The quantitative estimate of drug-likeness (QED) is 0.851. The zero-order valence-electron chi connectivity index (χ0n) is 11.6. The lowest BCUT2D eigenvalue weighted by Crippen LogP contribution is -2.35. The van der Waals surface area contributed by atoms with Gasteiger partial charge in [0.15, 0.2) is 0 Å². The van der Waals surface area contributed by atoms with E-state index in [9.17, 15) is 5.11 Å². The van der Waals surface area contributed by atoms with E-state index in [0.717, 1.165) is 19.4 Å². The average molecular weight is 247 g/mol. The van der Waals surface area contributed by atoms with E-state index in [4.69, 9.17) is 0 Å². The van der Waals surface area contributed by atoms with Crippen LogP contribution in [0.25, 0.3) is 0 Å². The smallest absolute Gasteiger partial charge is 0.0504 e. The maximum absolute atomic E-state index is 9.70. The molecular formula is C16H25NO. The Labute approximate surface area is 110 Å². The minimum atomic E-state index is 0.106. The van der Waals surface area contributed by atoms with Crippen molar-refractivity contribution in [3.8, 4) is 0 Å². The molecule has 0 aromatic heterocycles. The Kier molecular flexibility index (Phi) is 4.28. The Morgan fingerprint density at radius 3 is 2.56 bits per heavy atom. The summed E-state index contributed by atoms with van der Waals surface area (Å²) < 4.78 is 0. The molecule has 2 heteroatoms. The molecule has 1 saturated carbocycles. The molecule has 0 saturated heterocycles. The van der Waals surface area contributed by atoms with Crippen molar-refractivity contribution in [2.24, 2.45) is 5.41 Å². The molecule has 100 valence electrons. The SMILES string of the molecule is Cc1cccc(NCC2(CO)CCCCC2)c1C. The lowest BCUT2D eigenvalue weighted by molar-refractivity contribution is 0.0944. The lowest BCUT2D eigenvalue weighted by atomic mass is 9.74. The first-order valence-electron chi connectivity index (χ1n) is 7.08.